The van der Waals surface area contributed by atoms with E-state index in [4.69, 9.17) is 15.2 Å². The normalized spacial score (nSPS) is 14.8. The third-order valence-corrected chi connectivity index (χ3v) is 2.81. The molecular formula is C13H21N3O2. The van der Waals surface area contributed by atoms with Crippen LogP contribution in [0.5, 0.6) is 11.8 Å². The van der Waals surface area contributed by atoms with Crippen molar-refractivity contribution in [3.05, 3.63) is 12.1 Å². The molecule has 0 amide bonds. The molecule has 0 atom stereocenters. The summed E-state index contributed by atoms with van der Waals surface area (Å²) in [5, 5.41) is 0. The second-order valence-electron chi connectivity index (χ2n) is 4.95. The lowest BCUT2D eigenvalue weighted by Crippen LogP contribution is -2.19. The molecule has 1 fully saturated rings. The summed E-state index contributed by atoms with van der Waals surface area (Å²) in [5.74, 6) is 1.74. The van der Waals surface area contributed by atoms with Crippen LogP contribution in [-0.2, 0) is 0 Å². The highest BCUT2D eigenvalue weighted by atomic mass is 16.5. The van der Waals surface area contributed by atoms with Crippen molar-refractivity contribution in [3.63, 3.8) is 0 Å². The molecule has 0 radical (unpaired) electrons. The number of rotatable bonds is 7. The highest BCUT2D eigenvalue weighted by molar-refractivity contribution is 5.49. The van der Waals surface area contributed by atoms with Crippen molar-refractivity contribution in [2.24, 2.45) is 5.92 Å². The van der Waals surface area contributed by atoms with E-state index in [0.717, 1.165) is 6.54 Å². The molecule has 1 heterocycles. The zero-order valence-corrected chi connectivity index (χ0v) is 11.1. The van der Waals surface area contributed by atoms with Crippen LogP contribution in [0.2, 0.25) is 0 Å². The standard InChI is InChI=1S/C13H21N3O2/c1-16(2)7-8-17-12-6-5-11(14)13(15-12)18-9-10-3-4-10/h5-6,10H,3-4,7-9,14H2,1-2H3. The summed E-state index contributed by atoms with van der Waals surface area (Å²) in [6.07, 6.45) is 2.50. The van der Waals surface area contributed by atoms with E-state index in [1.54, 1.807) is 12.1 Å². The average Bonchev–Trinajstić information content (AvgIpc) is 3.13. The summed E-state index contributed by atoms with van der Waals surface area (Å²) in [5.41, 5.74) is 6.39. The Morgan fingerprint density at radius 1 is 1.33 bits per heavy atom. The predicted octanol–water partition coefficient (Wildman–Crippen LogP) is 1.39. The maximum Gasteiger partial charge on any atom is 0.240 e. The maximum absolute atomic E-state index is 5.82. The van der Waals surface area contributed by atoms with E-state index in [2.05, 4.69) is 9.88 Å². The number of nitrogen functional groups attached to an aromatic ring is 1. The summed E-state index contributed by atoms with van der Waals surface area (Å²) >= 11 is 0. The number of ether oxygens (including phenoxy) is 2. The fraction of sp³-hybridized carbons (Fsp3) is 0.615. The van der Waals surface area contributed by atoms with Crippen LogP contribution in [0.15, 0.2) is 12.1 Å². The van der Waals surface area contributed by atoms with E-state index in [-0.39, 0.29) is 0 Å². The number of aromatic nitrogens is 1. The Morgan fingerprint density at radius 2 is 2.11 bits per heavy atom. The lowest BCUT2D eigenvalue weighted by molar-refractivity contribution is 0.245. The van der Waals surface area contributed by atoms with Crippen LogP contribution < -0.4 is 15.2 Å². The van der Waals surface area contributed by atoms with Gasteiger partial charge in [-0.1, -0.05) is 0 Å². The van der Waals surface area contributed by atoms with Crippen LogP contribution in [0.25, 0.3) is 0 Å². The predicted molar refractivity (Wildman–Crippen MR) is 70.9 cm³/mol. The molecule has 1 saturated carbocycles. The molecule has 0 aromatic carbocycles. The van der Waals surface area contributed by atoms with Gasteiger partial charge in [0, 0.05) is 12.6 Å². The fourth-order valence-corrected chi connectivity index (χ4v) is 1.44. The van der Waals surface area contributed by atoms with E-state index >= 15 is 0 Å². The van der Waals surface area contributed by atoms with Crippen LogP contribution >= 0.6 is 0 Å². The molecule has 18 heavy (non-hydrogen) atoms. The molecular weight excluding hydrogens is 230 g/mol. The van der Waals surface area contributed by atoms with Gasteiger partial charge in [0.15, 0.2) is 0 Å². The molecule has 1 aliphatic carbocycles. The van der Waals surface area contributed by atoms with Gasteiger partial charge in [-0.05, 0) is 38.9 Å². The number of pyridine rings is 1. The number of hydrogen-bond acceptors (Lipinski definition) is 5. The molecule has 1 aromatic rings. The second-order valence-corrected chi connectivity index (χ2v) is 4.95. The van der Waals surface area contributed by atoms with Crippen LogP contribution in [-0.4, -0.2) is 43.7 Å². The van der Waals surface area contributed by atoms with E-state index < -0.39 is 0 Å². The van der Waals surface area contributed by atoms with Gasteiger partial charge in [-0.15, -0.1) is 0 Å². The second kappa shape index (κ2) is 5.91. The van der Waals surface area contributed by atoms with Gasteiger partial charge in [0.05, 0.1) is 12.3 Å². The fourth-order valence-electron chi connectivity index (χ4n) is 1.44. The Labute approximate surface area is 108 Å². The van der Waals surface area contributed by atoms with Crippen LogP contribution in [0.1, 0.15) is 12.8 Å². The first kappa shape index (κ1) is 13.0. The summed E-state index contributed by atoms with van der Waals surface area (Å²) in [7, 11) is 4.01. The van der Waals surface area contributed by atoms with Crippen molar-refractivity contribution in [2.75, 3.05) is 39.6 Å². The van der Waals surface area contributed by atoms with Crippen molar-refractivity contribution < 1.29 is 9.47 Å². The summed E-state index contributed by atoms with van der Waals surface area (Å²) in [6.45, 7) is 2.16. The molecule has 0 bridgehead atoms. The smallest absolute Gasteiger partial charge is 0.240 e. The topological polar surface area (TPSA) is 60.6 Å². The first-order valence-electron chi connectivity index (χ1n) is 6.32. The van der Waals surface area contributed by atoms with Crippen molar-refractivity contribution in [3.8, 4) is 11.8 Å². The van der Waals surface area contributed by atoms with E-state index in [1.807, 2.05) is 14.1 Å². The number of hydrogen-bond donors (Lipinski definition) is 1. The maximum atomic E-state index is 5.82. The molecule has 5 nitrogen and oxygen atoms in total. The molecule has 0 saturated heterocycles. The number of anilines is 1. The minimum Gasteiger partial charge on any atom is -0.476 e. The highest BCUT2D eigenvalue weighted by Gasteiger charge is 2.22. The molecule has 2 rings (SSSR count). The van der Waals surface area contributed by atoms with E-state index in [9.17, 15) is 0 Å². The summed E-state index contributed by atoms with van der Waals surface area (Å²) in [4.78, 5) is 6.34. The lowest BCUT2D eigenvalue weighted by Gasteiger charge is -2.12. The average molecular weight is 251 g/mol. The Morgan fingerprint density at radius 3 is 2.78 bits per heavy atom. The van der Waals surface area contributed by atoms with Crippen molar-refractivity contribution in [1.82, 2.24) is 9.88 Å². The minimum atomic E-state index is 0.490. The first-order chi connectivity index (χ1) is 8.65. The molecule has 0 unspecified atom stereocenters. The summed E-state index contributed by atoms with van der Waals surface area (Å²) < 4.78 is 11.1. The van der Waals surface area contributed by atoms with Gasteiger partial charge < -0.3 is 20.1 Å². The van der Waals surface area contributed by atoms with Gasteiger partial charge in [0.1, 0.15) is 6.61 Å². The monoisotopic (exact) mass is 251 g/mol. The first-order valence-corrected chi connectivity index (χ1v) is 6.32. The van der Waals surface area contributed by atoms with E-state index in [0.29, 0.717) is 36.6 Å². The van der Waals surface area contributed by atoms with Gasteiger partial charge in [0.2, 0.25) is 11.8 Å². The molecule has 1 aromatic heterocycles. The molecule has 2 N–H and O–H groups in total. The highest BCUT2D eigenvalue weighted by Crippen LogP contribution is 2.30. The molecule has 5 heteroatoms. The van der Waals surface area contributed by atoms with Crippen molar-refractivity contribution >= 4 is 5.69 Å². The number of likely N-dealkylation sites (N-methyl/N-ethyl adjacent to an activating group) is 1. The zero-order chi connectivity index (χ0) is 13.0. The quantitative estimate of drug-likeness (QED) is 0.793. The Kier molecular flexibility index (Phi) is 4.25. The van der Waals surface area contributed by atoms with Gasteiger partial charge in [0.25, 0.3) is 0 Å². The number of nitrogens with two attached hydrogens (primary N) is 1. The summed E-state index contributed by atoms with van der Waals surface area (Å²) in [6, 6.07) is 3.55. The van der Waals surface area contributed by atoms with Gasteiger partial charge in [-0.2, -0.15) is 4.98 Å². The Bertz CT molecular complexity index is 392. The van der Waals surface area contributed by atoms with Gasteiger partial charge in [-0.25, -0.2) is 0 Å². The Balaban J connectivity index is 1.87. The van der Waals surface area contributed by atoms with Crippen LogP contribution in [0, 0.1) is 5.92 Å². The van der Waals surface area contributed by atoms with Crippen molar-refractivity contribution in [1.29, 1.82) is 0 Å². The van der Waals surface area contributed by atoms with E-state index in [1.165, 1.54) is 12.8 Å². The molecule has 0 aliphatic heterocycles. The van der Waals surface area contributed by atoms with Gasteiger partial charge >= 0.3 is 0 Å². The van der Waals surface area contributed by atoms with Gasteiger partial charge in [-0.3, -0.25) is 0 Å². The lowest BCUT2D eigenvalue weighted by atomic mass is 10.4. The minimum absolute atomic E-state index is 0.490. The molecule has 0 spiro atoms. The molecule has 1 aliphatic rings. The van der Waals surface area contributed by atoms with Crippen molar-refractivity contribution in [2.45, 2.75) is 12.8 Å². The number of nitrogens with zero attached hydrogens (tertiary/aromatic N) is 2. The van der Waals surface area contributed by atoms with Crippen LogP contribution in [0.3, 0.4) is 0 Å². The SMILES string of the molecule is CN(C)CCOc1ccc(N)c(OCC2CC2)n1. The largest absolute Gasteiger partial charge is 0.476 e. The Hall–Kier alpha value is -1.49. The third-order valence-electron chi connectivity index (χ3n) is 2.81. The third kappa shape index (κ3) is 4.07. The zero-order valence-electron chi connectivity index (χ0n) is 11.1. The van der Waals surface area contributed by atoms with Crippen LogP contribution in [0.4, 0.5) is 5.69 Å². The molecule has 100 valence electrons.